The molecular formula is C32H39N5O6S. The van der Waals surface area contributed by atoms with E-state index in [1.54, 1.807) is 65.6 Å². The molecule has 2 amide bonds. The fourth-order valence-electron chi connectivity index (χ4n) is 4.95. The van der Waals surface area contributed by atoms with Crippen molar-refractivity contribution in [2.75, 3.05) is 26.7 Å². The van der Waals surface area contributed by atoms with Gasteiger partial charge in [0.25, 0.3) is 0 Å². The number of sulfonamides is 1. The summed E-state index contributed by atoms with van der Waals surface area (Å²) < 4.78 is 35.2. The zero-order valence-electron chi connectivity index (χ0n) is 25.2. The number of carbonyl (C=O) groups is 2. The minimum absolute atomic E-state index is 0.00918. The Labute approximate surface area is 258 Å². The van der Waals surface area contributed by atoms with E-state index in [0.717, 1.165) is 31.5 Å². The van der Waals surface area contributed by atoms with Crippen molar-refractivity contribution in [3.8, 4) is 16.9 Å². The molecule has 0 aliphatic carbocycles. The lowest BCUT2D eigenvalue weighted by Gasteiger charge is -2.27. The molecule has 0 aromatic heterocycles. The van der Waals surface area contributed by atoms with Crippen molar-refractivity contribution in [1.82, 2.24) is 9.80 Å². The maximum absolute atomic E-state index is 13.3. The Morgan fingerprint density at radius 2 is 1.70 bits per heavy atom. The van der Waals surface area contributed by atoms with Crippen LogP contribution >= 0.6 is 0 Å². The molecule has 4 N–H and O–H groups in total. The Balaban J connectivity index is 1.44. The van der Waals surface area contributed by atoms with Gasteiger partial charge in [0.05, 0.1) is 4.90 Å². The van der Waals surface area contributed by atoms with Gasteiger partial charge in [-0.15, -0.1) is 0 Å². The van der Waals surface area contributed by atoms with Gasteiger partial charge in [-0.25, -0.2) is 23.1 Å². The van der Waals surface area contributed by atoms with Crippen molar-refractivity contribution in [3.05, 3.63) is 83.9 Å². The molecule has 3 aromatic rings. The number of likely N-dealkylation sites (tertiary alicyclic amines) is 1. The Kier molecular flexibility index (Phi) is 10.7. The van der Waals surface area contributed by atoms with Gasteiger partial charge in [0.15, 0.2) is 0 Å². The van der Waals surface area contributed by atoms with Gasteiger partial charge in [-0.2, -0.15) is 4.99 Å². The second kappa shape index (κ2) is 14.5. The zero-order chi connectivity index (χ0) is 31.9. The summed E-state index contributed by atoms with van der Waals surface area (Å²) in [4.78, 5) is 33.4. The molecule has 3 aromatic carbocycles. The first-order valence-corrected chi connectivity index (χ1v) is 16.0. The number of rotatable bonds is 9. The number of nitrogens with two attached hydrogens (primary N) is 2. The first-order chi connectivity index (χ1) is 20.9. The number of piperidine rings is 1. The molecule has 1 saturated heterocycles. The SMILES string of the molecule is CC(C)CN(Cc1cccc(C(N)=NC(=O)OC2CCN(C)CC2)c1)C(=O)Oc1ccc(-c2ccccc2S(N)(=O)=O)cc1. The fraction of sp³-hybridized carbons (Fsp3) is 0.344. The summed E-state index contributed by atoms with van der Waals surface area (Å²) in [6.45, 7) is 6.36. The molecule has 1 aliphatic heterocycles. The highest BCUT2D eigenvalue weighted by Gasteiger charge is 2.21. The van der Waals surface area contributed by atoms with Gasteiger partial charge in [0, 0.05) is 37.3 Å². The van der Waals surface area contributed by atoms with Crippen molar-refractivity contribution in [2.45, 2.75) is 44.2 Å². The fourth-order valence-corrected chi connectivity index (χ4v) is 5.71. The van der Waals surface area contributed by atoms with Crippen molar-refractivity contribution in [2.24, 2.45) is 21.8 Å². The van der Waals surface area contributed by atoms with E-state index >= 15 is 0 Å². The summed E-state index contributed by atoms with van der Waals surface area (Å²) >= 11 is 0. The molecule has 4 rings (SSSR count). The van der Waals surface area contributed by atoms with Gasteiger partial charge >= 0.3 is 12.2 Å². The lowest BCUT2D eigenvalue weighted by atomic mass is 10.1. The number of nitrogens with zero attached hydrogens (tertiary/aromatic N) is 3. The van der Waals surface area contributed by atoms with E-state index < -0.39 is 22.2 Å². The highest BCUT2D eigenvalue weighted by Crippen LogP contribution is 2.28. The summed E-state index contributed by atoms with van der Waals surface area (Å²) in [6.07, 6.45) is 0.0696. The maximum Gasteiger partial charge on any atom is 0.435 e. The number of amides is 2. The lowest BCUT2D eigenvalue weighted by molar-refractivity contribution is 0.0636. The van der Waals surface area contributed by atoms with Crippen LogP contribution in [0.5, 0.6) is 5.75 Å². The van der Waals surface area contributed by atoms with E-state index in [2.05, 4.69) is 9.89 Å². The third-order valence-electron chi connectivity index (χ3n) is 7.15. The third kappa shape index (κ3) is 9.12. The number of amidine groups is 1. The number of carbonyl (C=O) groups excluding carboxylic acids is 2. The largest absolute Gasteiger partial charge is 0.444 e. The van der Waals surface area contributed by atoms with E-state index in [4.69, 9.17) is 20.3 Å². The number of primary sulfonamides is 1. The van der Waals surface area contributed by atoms with Crippen molar-refractivity contribution in [3.63, 3.8) is 0 Å². The molecule has 1 heterocycles. The Morgan fingerprint density at radius 3 is 2.36 bits per heavy atom. The van der Waals surface area contributed by atoms with E-state index in [-0.39, 0.29) is 29.3 Å². The number of benzene rings is 3. The average molecular weight is 622 g/mol. The zero-order valence-corrected chi connectivity index (χ0v) is 26.0. The summed E-state index contributed by atoms with van der Waals surface area (Å²) in [7, 11) is -1.89. The van der Waals surface area contributed by atoms with Crippen LogP contribution in [0.4, 0.5) is 9.59 Å². The molecule has 234 valence electrons. The van der Waals surface area contributed by atoms with Crippen LogP contribution in [0.25, 0.3) is 11.1 Å². The highest BCUT2D eigenvalue weighted by atomic mass is 32.2. The Bertz CT molecular complexity index is 1600. The van der Waals surface area contributed by atoms with E-state index in [0.29, 0.717) is 29.0 Å². The van der Waals surface area contributed by atoms with Gasteiger partial charge in [-0.3, -0.25) is 0 Å². The molecule has 0 bridgehead atoms. The van der Waals surface area contributed by atoms with Gasteiger partial charge in [0.2, 0.25) is 10.0 Å². The number of hydrogen-bond donors (Lipinski definition) is 2. The predicted octanol–water partition coefficient (Wildman–Crippen LogP) is 4.59. The van der Waals surface area contributed by atoms with Crippen molar-refractivity contribution < 1.29 is 27.5 Å². The van der Waals surface area contributed by atoms with Crippen LogP contribution in [0.1, 0.15) is 37.8 Å². The minimum atomic E-state index is -3.92. The topological polar surface area (TPSA) is 158 Å². The van der Waals surface area contributed by atoms with Gasteiger partial charge < -0.3 is 25.0 Å². The molecule has 44 heavy (non-hydrogen) atoms. The normalized spacial score (nSPS) is 14.8. The molecule has 0 atom stereocenters. The molecular weight excluding hydrogens is 582 g/mol. The highest BCUT2D eigenvalue weighted by molar-refractivity contribution is 7.89. The molecule has 0 unspecified atom stereocenters. The van der Waals surface area contributed by atoms with Crippen LogP contribution < -0.4 is 15.6 Å². The summed E-state index contributed by atoms with van der Waals surface area (Å²) in [5, 5.41) is 5.37. The number of ether oxygens (including phenoxy) is 2. The molecule has 11 nitrogen and oxygen atoms in total. The average Bonchev–Trinajstić information content (AvgIpc) is 2.98. The van der Waals surface area contributed by atoms with Crippen LogP contribution in [-0.2, 0) is 21.3 Å². The van der Waals surface area contributed by atoms with Crippen LogP contribution in [-0.4, -0.2) is 69.0 Å². The van der Waals surface area contributed by atoms with Gasteiger partial charge in [-0.1, -0.05) is 62.4 Å². The maximum atomic E-state index is 13.3. The first kappa shape index (κ1) is 32.6. The number of hydrogen-bond acceptors (Lipinski definition) is 7. The van der Waals surface area contributed by atoms with Crippen molar-refractivity contribution in [1.29, 1.82) is 0 Å². The minimum Gasteiger partial charge on any atom is -0.444 e. The Morgan fingerprint density at radius 1 is 1.02 bits per heavy atom. The summed E-state index contributed by atoms with van der Waals surface area (Å²) in [6, 6.07) is 20.1. The third-order valence-corrected chi connectivity index (χ3v) is 8.12. The molecule has 0 spiro atoms. The van der Waals surface area contributed by atoms with Crippen molar-refractivity contribution >= 4 is 28.0 Å². The Hall–Kier alpha value is -4.26. The molecule has 12 heteroatoms. The van der Waals surface area contributed by atoms with Gasteiger partial charge in [-0.05, 0) is 61.2 Å². The molecule has 1 fully saturated rings. The first-order valence-electron chi connectivity index (χ1n) is 14.4. The van der Waals surface area contributed by atoms with Crippen LogP contribution in [0.15, 0.2) is 82.7 Å². The van der Waals surface area contributed by atoms with E-state index in [9.17, 15) is 18.0 Å². The predicted molar refractivity (Wildman–Crippen MR) is 169 cm³/mol. The smallest absolute Gasteiger partial charge is 0.435 e. The van der Waals surface area contributed by atoms with Crippen LogP contribution in [0, 0.1) is 5.92 Å². The lowest BCUT2D eigenvalue weighted by Crippen LogP contribution is -2.36. The van der Waals surface area contributed by atoms with Crippen LogP contribution in [0.2, 0.25) is 0 Å². The second-order valence-corrected chi connectivity index (χ2v) is 12.8. The van der Waals surface area contributed by atoms with E-state index in [1.165, 1.54) is 6.07 Å². The quantitative estimate of drug-likeness (QED) is 0.259. The van der Waals surface area contributed by atoms with Crippen LogP contribution in [0.3, 0.4) is 0 Å². The van der Waals surface area contributed by atoms with Gasteiger partial charge in [0.1, 0.15) is 17.7 Å². The van der Waals surface area contributed by atoms with E-state index in [1.807, 2.05) is 27.0 Å². The summed E-state index contributed by atoms with van der Waals surface area (Å²) in [5.74, 6) is 0.490. The second-order valence-electron chi connectivity index (χ2n) is 11.3. The standard InChI is InChI=1S/C32H39N5O6S/c1-22(2)20-37(32(39)43-26-13-11-24(12-14-26)28-9-4-5-10-29(28)44(34,40)41)21-23-7-6-8-25(19-23)30(33)35-31(38)42-27-15-17-36(3)18-16-27/h4-14,19,22,27H,15-18,20-21H2,1-3H3,(H2,33,35,38)(H2,34,40,41). The molecule has 0 saturated carbocycles. The summed E-state index contributed by atoms with van der Waals surface area (Å²) in [5.41, 5.74) is 8.52. The molecule has 1 aliphatic rings. The molecule has 0 radical (unpaired) electrons. The number of aliphatic imine (C=N–C) groups is 1. The monoisotopic (exact) mass is 621 g/mol.